The number of aliphatic hydroxyl groups is 2. The maximum Gasteiger partial charge on any atom is 0.266 e. The first-order chi connectivity index (χ1) is 12.3. The van der Waals surface area contributed by atoms with Crippen LogP contribution < -0.4 is 0 Å². The molecule has 0 aromatic rings. The van der Waals surface area contributed by atoms with Crippen molar-refractivity contribution in [2.75, 3.05) is 6.61 Å². The molecule has 8 atom stereocenters. The molecule has 3 nitrogen and oxygen atoms in total. The summed E-state index contributed by atoms with van der Waals surface area (Å²) in [7, 11) is 0. The predicted octanol–water partition coefficient (Wildman–Crippen LogP) is 3.81. The number of halogens is 2. The second kappa shape index (κ2) is 6.51. The minimum absolute atomic E-state index is 0.00167. The Morgan fingerprint density at radius 3 is 2.46 bits per heavy atom. The van der Waals surface area contributed by atoms with E-state index < -0.39 is 12.0 Å². The maximum atomic E-state index is 13.3. The van der Waals surface area contributed by atoms with Gasteiger partial charge in [0.05, 0.1) is 0 Å². The van der Waals surface area contributed by atoms with E-state index in [1.807, 2.05) is 0 Å². The highest BCUT2D eigenvalue weighted by molar-refractivity contribution is 5.83. The standard InChI is InChI=1S/C21H32F2O3/c1-20-8-6-14-13-7-9-21(26,19(22)23)10-12(13)2-3-15(14)16(20)4-5-17(20)18(25)11-24/h12-17,19,24,26H,2-11H2,1H3/t12-,13+,14-,15-,16+,17-,20+,21-/m1/s1. The number of aliphatic hydroxyl groups excluding tert-OH is 1. The van der Waals surface area contributed by atoms with E-state index in [1.54, 1.807) is 0 Å². The predicted molar refractivity (Wildman–Crippen MR) is 93.6 cm³/mol. The summed E-state index contributed by atoms with van der Waals surface area (Å²) in [5.74, 6) is 2.36. The van der Waals surface area contributed by atoms with E-state index in [4.69, 9.17) is 0 Å². The van der Waals surface area contributed by atoms with E-state index in [2.05, 4.69) is 6.92 Å². The van der Waals surface area contributed by atoms with Gasteiger partial charge >= 0.3 is 0 Å². The number of carbonyl (C=O) groups is 1. The minimum Gasteiger partial charge on any atom is -0.389 e. The lowest BCUT2D eigenvalue weighted by Gasteiger charge is -2.57. The van der Waals surface area contributed by atoms with Crippen LogP contribution in [0.4, 0.5) is 8.78 Å². The van der Waals surface area contributed by atoms with E-state index in [1.165, 1.54) is 0 Å². The fourth-order valence-corrected chi connectivity index (χ4v) is 7.75. The van der Waals surface area contributed by atoms with Crippen LogP contribution in [0.25, 0.3) is 0 Å². The van der Waals surface area contributed by atoms with Crippen LogP contribution in [-0.4, -0.2) is 34.6 Å². The van der Waals surface area contributed by atoms with Gasteiger partial charge in [0.2, 0.25) is 0 Å². The van der Waals surface area contributed by atoms with Crippen molar-refractivity contribution in [1.82, 2.24) is 0 Å². The molecule has 4 saturated carbocycles. The summed E-state index contributed by atoms with van der Waals surface area (Å²) < 4.78 is 26.5. The maximum absolute atomic E-state index is 13.3. The van der Waals surface area contributed by atoms with Gasteiger partial charge in [-0.2, -0.15) is 0 Å². The van der Waals surface area contributed by atoms with Crippen molar-refractivity contribution in [2.45, 2.75) is 76.7 Å². The van der Waals surface area contributed by atoms with Crippen molar-refractivity contribution in [3.05, 3.63) is 0 Å². The van der Waals surface area contributed by atoms with Crippen molar-refractivity contribution in [3.63, 3.8) is 0 Å². The number of Topliss-reactive ketones (excluding diaryl/α,β-unsaturated/α-hetero) is 1. The lowest BCUT2D eigenvalue weighted by atomic mass is 9.49. The first-order valence-electron chi connectivity index (χ1n) is 10.4. The highest BCUT2D eigenvalue weighted by Crippen LogP contribution is 2.64. The number of fused-ring (bicyclic) bond motifs is 5. The Labute approximate surface area is 154 Å². The number of rotatable bonds is 3. The van der Waals surface area contributed by atoms with E-state index in [0.717, 1.165) is 44.9 Å². The molecule has 0 aliphatic heterocycles. The Hall–Kier alpha value is -0.550. The van der Waals surface area contributed by atoms with Gasteiger partial charge < -0.3 is 10.2 Å². The highest BCUT2D eigenvalue weighted by Gasteiger charge is 2.59. The summed E-state index contributed by atoms with van der Waals surface area (Å²) in [6.45, 7) is 1.90. The fourth-order valence-electron chi connectivity index (χ4n) is 7.75. The average Bonchev–Trinajstić information content (AvgIpc) is 2.97. The van der Waals surface area contributed by atoms with Crippen LogP contribution >= 0.6 is 0 Å². The van der Waals surface area contributed by atoms with Gasteiger partial charge in [-0.1, -0.05) is 6.92 Å². The van der Waals surface area contributed by atoms with Gasteiger partial charge in [0.1, 0.15) is 12.2 Å². The second-order valence-electron chi connectivity index (χ2n) is 9.88. The Morgan fingerprint density at radius 1 is 1.04 bits per heavy atom. The van der Waals surface area contributed by atoms with E-state index in [-0.39, 0.29) is 42.5 Å². The number of carbonyl (C=O) groups excluding carboxylic acids is 1. The summed E-state index contributed by atoms with van der Waals surface area (Å²) in [5, 5.41) is 19.6. The fraction of sp³-hybridized carbons (Fsp3) is 0.952. The Bertz CT molecular complexity index is 567. The first kappa shape index (κ1) is 18.8. The van der Waals surface area contributed by atoms with Crippen LogP contribution in [0.15, 0.2) is 0 Å². The molecule has 0 aromatic heterocycles. The van der Waals surface area contributed by atoms with E-state index >= 15 is 0 Å². The zero-order valence-electron chi connectivity index (χ0n) is 15.7. The van der Waals surface area contributed by atoms with Gasteiger partial charge in [0, 0.05) is 5.92 Å². The largest absolute Gasteiger partial charge is 0.389 e. The smallest absolute Gasteiger partial charge is 0.266 e. The number of ketones is 1. The number of hydrogen-bond acceptors (Lipinski definition) is 3. The lowest BCUT2D eigenvalue weighted by Crippen LogP contribution is -2.53. The number of alkyl halides is 2. The van der Waals surface area contributed by atoms with Crippen molar-refractivity contribution >= 4 is 5.78 Å². The Morgan fingerprint density at radius 2 is 1.77 bits per heavy atom. The van der Waals surface area contributed by atoms with Gasteiger partial charge in [0.25, 0.3) is 6.43 Å². The van der Waals surface area contributed by atoms with Gasteiger partial charge in [-0.05, 0) is 92.8 Å². The van der Waals surface area contributed by atoms with Crippen molar-refractivity contribution in [3.8, 4) is 0 Å². The number of hydrogen-bond donors (Lipinski definition) is 2. The molecule has 4 rings (SSSR count). The summed E-state index contributed by atoms with van der Waals surface area (Å²) in [4.78, 5) is 12.2. The topological polar surface area (TPSA) is 57.5 Å². The quantitative estimate of drug-likeness (QED) is 0.794. The molecular formula is C21H32F2O3. The zero-order chi connectivity index (χ0) is 18.7. The molecule has 148 valence electrons. The molecule has 0 saturated heterocycles. The second-order valence-corrected chi connectivity index (χ2v) is 9.88. The molecule has 5 heteroatoms. The summed E-state index contributed by atoms with van der Waals surface area (Å²) in [6, 6.07) is 0. The molecular weight excluding hydrogens is 338 g/mol. The Kier molecular flexibility index (Phi) is 4.71. The van der Waals surface area contributed by atoms with Crippen LogP contribution in [0.5, 0.6) is 0 Å². The SMILES string of the molecule is C[C@]12CC[C@H]3[C@@H](CC[C@@H]4C[C@@](O)(C(F)F)CC[C@@H]43)[C@@H]1CC[C@@H]2C(=O)CO. The molecule has 0 radical (unpaired) electrons. The molecule has 2 N–H and O–H groups in total. The normalized spacial score (nSPS) is 50.8. The molecule has 0 amide bonds. The molecule has 0 spiro atoms. The van der Waals surface area contributed by atoms with Gasteiger partial charge in [-0.25, -0.2) is 8.78 Å². The summed E-state index contributed by atoms with van der Waals surface area (Å²) in [5.41, 5.74) is -1.77. The average molecular weight is 370 g/mol. The molecule has 0 bridgehead atoms. The van der Waals surface area contributed by atoms with Gasteiger partial charge in [0.15, 0.2) is 5.78 Å². The first-order valence-corrected chi connectivity index (χ1v) is 10.4. The van der Waals surface area contributed by atoms with Crippen LogP contribution in [-0.2, 0) is 4.79 Å². The molecule has 0 unspecified atom stereocenters. The van der Waals surface area contributed by atoms with Gasteiger partial charge in [-0.3, -0.25) is 4.79 Å². The molecule has 0 heterocycles. The van der Waals surface area contributed by atoms with Crippen molar-refractivity contribution in [2.24, 2.45) is 40.9 Å². The highest BCUT2D eigenvalue weighted by atomic mass is 19.3. The Balaban J connectivity index is 1.52. The summed E-state index contributed by atoms with van der Waals surface area (Å²) >= 11 is 0. The molecule has 0 aromatic carbocycles. The van der Waals surface area contributed by atoms with Crippen LogP contribution in [0.2, 0.25) is 0 Å². The van der Waals surface area contributed by atoms with Gasteiger partial charge in [-0.15, -0.1) is 0 Å². The van der Waals surface area contributed by atoms with E-state index in [0.29, 0.717) is 23.7 Å². The van der Waals surface area contributed by atoms with E-state index in [9.17, 15) is 23.8 Å². The molecule has 4 fully saturated rings. The minimum atomic E-state index is -2.64. The van der Waals surface area contributed by atoms with Crippen molar-refractivity contribution < 1.29 is 23.8 Å². The third-order valence-electron chi connectivity index (χ3n) is 9.00. The molecule has 26 heavy (non-hydrogen) atoms. The monoisotopic (exact) mass is 370 g/mol. The third-order valence-corrected chi connectivity index (χ3v) is 9.00. The van der Waals surface area contributed by atoms with Crippen LogP contribution in [0, 0.1) is 40.9 Å². The third kappa shape index (κ3) is 2.68. The lowest BCUT2D eigenvalue weighted by molar-refractivity contribution is -0.160. The van der Waals surface area contributed by atoms with Crippen LogP contribution in [0.1, 0.15) is 64.7 Å². The van der Waals surface area contributed by atoms with Crippen molar-refractivity contribution in [1.29, 1.82) is 0 Å². The zero-order valence-corrected chi connectivity index (χ0v) is 15.7. The summed E-state index contributed by atoms with van der Waals surface area (Å²) in [6.07, 6.45) is 4.58. The van der Waals surface area contributed by atoms with Crippen LogP contribution in [0.3, 0.4) is 0 Å². The molecule has 4 aliphatic carbocycles. The molecule has 4 aliphatic rings.